The largest absolute Gasteiger partial charge is 0.387 e. The lowest BCUT2D eigenvalue weighted by atomic mass is 9.49. The Bertz CT molecular complexity index is 1330. The molecule has 1 aromatic heterocycles. The van der Waals surface area contributed by atoms with Crippen molar-refractivity contribution < 1.29 is 19.8 Å². The fraction of sp³-hybridized carbons (Fsp3) is 0.367. The number of Topliss-reactive ketones (excluding diaryl/α,β-unsaturated/α-hetero) is 1. The third-order valence-electron chi connectivity index (χ3n) is 8.41. The average Bonchev–Trinajstić information content (AvgIpc) is 2.83. The number of aryl methyl sites for hydroxylation is 1. The molecule has 1 saturated carbocycles. The molecule has 1 amide bonds. The van der Waals surface area contributed by atoms with Gasteiger partial charge in [0, 0.05) is 29.2 Å². The van der Waals surface area contributed by atoms with E-state index < -0.39 is 16.6 Å². The van der Waals surface area contributed by atoms with Gasteiger partial charge >= 0.3 is 0 Å². The Labute approximate surface area is 211 Å². The number of hydrogen-bond acceptors (Lipinski definition) is 5. The Morgan fingerprint density at radius 1 is 1.06 bits per heavy atom. The van der Waals surface area contributed by atoms with Crippen LogP contribution in [0.3, 0.4) is 0 Å². The summed E-state index contributed by atoms with van der Waals surface area (Å²) in [6.45, 7) is 5.17. The molecule has 6 heteroatoms. The van der Waals surface area contributed by atoms with Crippen molar-refractivity contribution in [2.45, 2.75) is 63.1 Å². The number of nitrogens with zero attached hydrogens (tertiary/aromatic N) is 1. The molecule has 0 bridgehead atoms. The number of carbonyl (C=O) groups excluding carboxylic acids is 2. The van der Waals surface area contributed by atoms with E-state index in [1.807, 2.05) is 31.2 Å². The number of benzene rings is 2. The summed E-state index contributed by atoms with van der Waals surface area (Å²) in [4.78, 5) is 30.7. The van der Waals surface area contributed by atoms with Crippen molar-refractivity contribution in [3.8, 4) is 0 Å². The van der Waals surface area contributed by atoms with E-state index in [9.17, 15) is 19.8 Å². The SMILES string of the molecule is Cc1ncccc1NC(=O)c1ccc2c(c1)C(=O)C[C@@H]1C[C@](C)(O)[C@](C)(O)C[C@@]21Cc1ccccc1. The summed E-state index contributed by atoms with van der Waals surface area (Å²) in [6.07, 6.45) is 3.19. The second-order valence-corrected chi connectivity index (χ2v) is 10.9. The summed E-state index contributed by atoms with van der Waals surface area (Å²) in [7, 11) is 0. The molecule has 2 aliphatic carbocycles. The van der Waals surface area contributed by atoms with Crippen LogP contribution >= 0.6 is 0 Å². The minimum Gasteiger partial charge on any atom is -0.387 e. The van der Waals surface area contributed by atoms with Crippen LogP contribution in [-0.2, 0) is 11.8 Å². The summed E-state index contributed by atoms with van der Waals surface area (Å²) in [6, 6.07) is 18.9. The fourth-order valence-electron chi connectivity index (χ4n) is 6.18. The minimum atomic E-state index is -1.34. The van der Waals surface area contributed by atoms with Crippen LogP contribution in [0.4, 0.5) is 5.69 Å². The highest BCUT2D eigenvalue weighted by molar-refractivity contribution is 6.07. The lowest BCUT2D eigenvalue weighted by Gasteiger charge is -2.58. The fourth-order valence-corrected chi connectivity index (χ4v) is 6.18. The first-order valence-electron chi connectivity index (χ1n) is 12.4. The van der Waals surface area contributed by atoms with Crippen LogP contribution in [0.5, 0.6) is 0 Å². The Balaban J connectivity index is 1.59. The maximum Gasteiger partial charge on any atom is 0.255 e. The summed E-state index contributed by atoms with van der Waals surface area (Å²) in [5.74, 6) is -0.478. The first-order chi connectivity index (χ1) is 17.0. The highest BCUT2D eigenvalue weighted by atomic mass is 16.4. The zero-order chi connectivity index (χ0) is 25.7. The maximum absolute atomic E-state index is 13.4. The first kappa shape index (κ1) is 24.3. The summed E-state index contributed by atoms with van der Waals surface area (Å²) in [5.41, 5.74) is 1.00. The monoisotopic (exact) mass is 484 g/mol. The van der Waals surface area contributed by atoms with Crippen molar-refractivity contribution >= 4 is 17.4 Å². The van der Waals surface area contributed by atoms with Crippen LogP contribution in [0.2, 0.25) is 0 Å². The Kier molecular flexibility index (Phi) is 5.85. The van der Waals surface area contributed by atoms with Gasteiger partial charge in [0.15, 0.2) is 5.78 Å². The molecule has 5 rings (SSSR count). The zero-order valence-corrected chi connectivity index (χ0v) is 20.9. The maximum atomic E-state index is 13.4. The molecule has 0 spiro atoms. The van der Waals surface area contributed by atoms with Crippen molar-refractivity contribution in [1.29, 1.82) is 0 Å². The van der Waals surface area contributed by atoms with Crippen LogP contribution in [-0.4, -0.2) is 38.1 Å². The Morgan fingerprint density at radius 2 is 1.81 bits per heavy atom. The van der Waals surface area contributed by atoms with Gasteiger partial charge in [0.2, 0.25) is 0 Å². The van der Waals surface area contributed by atoms with E-state index in [0.717, 1.165) is 11.1 Å². The lowest BCUT2D eigenvalue weighted by Crippen LogP contribution is -2.63. The van der Waals surface area contributed by atoms with Crippen LogP contribution in [0.25, 0.3) is 0 Å². The van der Waals surface area contributed by atoms with Gasteiger partial charge in [-0.3, -0.25) is 14.6 Å². The summed E-state index contributed by atoms with van der Waals surface area (Å²) >= 11 is 0. The molecule has 36 heavy (non-hydrogen) atoms. The van der Waals surface area contributed by atoms with E-state index in [0.29, 0.717) is 41.8 Å². The van der Waals surface area contributed by atoms with Gasteiger partial charge < -0.3 is 15.5 Å². The molecule has 2 aromatic carbocycles. The summed E-state index contributed by atoms with van der Waals surface area (Å²) < 4.78 is 0. The number of fused-ring (bicyclic) bond motifs is 3. The molecule has 3 N–H and O–H groups in total. The Morgan fingerprint density at radius 3 is 2.53 bits per heavy atom. The normalized spacial score (nSPS) is 29.2. The van der Waals surface area contributed by atoms with Crippen LogP contribution in [0.1, 0.15) is 70.6 Å². The van der Waals surface area contributed by atoms with Gasteiger partial charge in [0.25, 0.3) is 5.91 Å². The van der Waals surface area contributed by atoms with E-state index in [1.165, 1.54) is 0 Å². The van der Waals surface area contributed by atoms with Crippen LogP contribution in [0, 0.1) is 12.8 Å². The first-order valence-corrected chi connectivity index (χ1v) is 12.4. The molecule has 2 aliphatic rings. The second-order valence-electron chi connectivity index (χ2n) is 10.9. The molecule has 0 saturated heterocycles. The zero-order valence-electron chi connectivity index (χ0n) is 20.9. The van der Waals surface area contributed by atoms with E-state index in [4.69, 9.17) is 0 Å². The van der Waals surface area contributed by atoms with Gasteiger partial charge in [-0.05, 0) is 81.3 Å². The van der Waals surface area contributed by atoms with Crippen molar-refractivity contribution in [1.82, 2.24) is 4.98 Å². The second kappa shape index (κ2) is 8.64. The Hall–Kier alpha value is -3.35. The number of carbonyl (C=O) groups is 2. The average molecular weight is 485 g/mol. The van der Waals surface area contributed by atoms with Gasteiger partial charge in [-0.15, -0.1) is 0 Å². The highest BCUT2D eigenvalue weighted by Gasteiger charge is 2.60. The number of ketones is 1. The number of aromatic nitrogens is 1. The molecule has 0 unspecified atom stereocenters. The molecule has 1 heterocycles. The van der Waals surface area contributed by atoms with Gasteiger partial charge in [0.1, 0.15) is 0 Å². The van der Waals surface area contributed by atoms with Crippen LogP contribution < -0.4 is 5.32 Å². The number of hydrogen-bond donors (Lipinski definition) is 3. The van der Waals surface area contributed by atoms with E-state index in [1.54, 1.807) is 44.3 Å². The number of amides is 1. The van der Waals surface area contributed by atoms with Crippen molar-refractivity contribution in [2.75, 3.05) is 5.32 Å². The minimum absolute atomic E-state index is 0.0387. The van der Waals surface area contributed by atoms with Crippen molar-refractivity contribution in [2.24, 2.45) is 5.92 Å². The van der Waals surface area contributed by atoms with E-state index in [-0.39, 0.29) is 24.0 Å². The third-order valence-corrected chi connectivity index (χ3v) is 8.41. The number of nitrogens with one attached hydrogen (secondary N) is 1. The van der Waals surface area contributed by atoms with E-state index >= 15 is 0 Å². The molecule has 186 valence electrons. The highest BCUT2D eigenvalue weighted by Crippen LogP contribution is 2.57. The van der Waals surface area contributed by atoms with Gasteiger partial charge in [-0.25, -0.2) is 0 Å². The van der Waals surface area contributed by atoms with Gasteiger partial charge in [-0.2, -0.15) is 0 Å². The predicted octanol–water partition coefficient (Wildman–Crippen LogP) is 4.62. The number of pyridine rings is 1. The predicted molar refractivity (Wildman–Crippen MR) is 138 cm³/mol. The van der Waals surface area contributed by atoms with Gasteiger partial charge in [-0.1, -0.05) is 36.4 Å². The molecular formula is C30H32N2O4. The van der Waals surface area contributed by atoms with Crippen molar-refractivity contribution in [3.05, 3.63) is 94.8 Å². The number of aliphatic hydroxyl groups is 2. The molecular weight excluding hydrogens is 452 g/mol. The molecule has 4 atom stereocenters. The molecule has 0 radical (unpaired) electrons. The molecule has 1 fully saturated rings. The quantitative estimate of drug-likeness (QED) is 0.502. The molecule has 3 aromatic rings. The number of rotatable bonds is 4. The number of anilines is 1. The summed E-state index contributed by atoms with van der Waals surface area (Å²) in [5, 5.41) is 25.4. The lowest BCUT2D eigenvalue weighted by molar-refractivity contribution is -0.186. The van der Waals surface area contributed by atoms with E-state index in [2.05, 4.69) is 22.4 Å². The van der Waals surface area contributed by atoms with Crippen molar-refractivity contribution in [3.63, 3.8) is 0 Å². The smallest absolute Gasteiger partial charge is 0.255 e. The third kappa shape index (κ3) is 4.04. The topological polar surface area (TPSA) is 99.5 Å². The molecule has 6 nitrogen and oxygen atoms in total. The van der Waals surface area contributed by atoms with Gasteiger partial charge in [0.05, 0.1) is 22.6 Å². The van der Waals surface area contributed by atoms with Crippen LogP contribution in [0.15, 0.2) is 66.9 Å². The standard InChI is InChI=1S/C30H32N2O4/c1-19-25(10-7-13-31-19)32-27(34)21-11-12-24-23(14-21)26(33)15-22-17-28(2,35)29(3,36)18-30(22,24)16-20-8-5-4-6-9-20/h4-14,22,35-36H,15-18H2,1-3H3,(H,32,34)/t22-,28+,29-,30-/m1/s1. The molecule has 0 aliphatic heterocycles.